The molecule has 0 fully saturated rings. The maximum Gasteiger partial charge on any atom is 0.634 e. The molecule has 3 nitrogen and oxygen atoms in total. The molecule has 0 saturated heterocycles. The van der Waals surface area contributed by atoms with Gasteiger partial charge in [-0.2, -0.15) is 0 Å². The van der Waals surface area contributed by atoms with E-state index in [1.54, 1.807) is 0 Å². The Kier molecular flexibility index (Phi) is 5.89. The highest BCUT2D eigenvalue weighted by Crippen LogP contribution is 2.47. The van der Waals surface area contributed by atoms with Crippen molar-refractivity contribution in [3.63, 3.8) is 0 Å². The molecule has 0 aliphatic heterocycles. The quantitative estimate of drug-likeness (QED) is 0.633. The maximum atomic E-state index is 9.76. The van der Waals surface area contributed by atoms with E-state index in [1.165, 1.54) is 0 Å². The Labute approximate surface area is 155 Å². The third-order valence-electron chi connectivity index (χ3n) is 4.84. The Bertz CT molecular complexity index is 754. The van der Waals surface area contributed by atoms with Crippen molar-refractivity contribution in [1.29, 1.82) is 0 Å². The van der Waals surface area contributed by atoms with Crippen LogP contribution in [0.3, 0.4) is 0 Å². The molecule has 0 radical (unpaired) electrons. The third kappa shape index (κ3) is 3.73. The average molecular weight is 346 g/mol. The van der Waals surface area contributed by atoms with Crippen LogP contribution >= 0.6 is 0 Å². The van der Waals surface area contributed by atoms with Gasteiger partial charge in [-0.1, -0.05) is 97.9 Å². The Morgan fingerprint density at radius 1 is 0.769 bits per heavy atom. The van der Waals surface area contributed by atoms with Crippen LogP contribution in [0.4, 0.5) is 0 Å². The van der Waals surface area contributed by atoms with E-state index >= 15 is 0 Å². The number of hydrogen-bond donors (Lipinski definition) is 2. The van der Waals surface area contributed by atoms with Crippen LogP contribution in [0.1, 0.15) is 36.0 Å². The van der Waals surface area contributed by atoms with Crippen molar-refractivity contribution < 1.29 is 14.7 Å². The molecular formula is C22H23BO3. The molecular weight excluding hydrogens is 323 g/mol. The van der Waals surface area contributed by atoms with Gasteiger partial charge in [0, 0.05) is 5.92 Å². The summed E-state index contributed by atoms with van der Waals surface area (Å²) in [5.74, 6) is -0.195. The average Bonchev–Trinajstić information content (AvgIpc) is 2.69. The van der Waals surface area contributed by atoms with Gasteiger partial charge in [-0.15, -0.1) is 0 Å². The van der Waals surface area contributed by atoms with Crippen LogP contribution in [0.25, 0.3) is 0 Å². The monoisotopic (exact) mass is 346 g/mol. The summed E-state index contributed by atoms with van der Waals surface area (Å²) in [4.78, 5) is 0. The topological polar surface area (TPSA) is 49.7 Å². The molecule has 0 spiro atoms. The largest absolute Gasteiger partial charge is 0.634 e. The molecule has 0 bridgehead atoms. The first-order chi connectivity index (χ1) is 12.7. The molecule has 0 amide bonds. The van der Waals surface area contributed by atoms with Crippen LogP contribution in [0.2, 0.25) is 0 Å². The summed E-state index contributed by atoms with van der Waals surface area (Å²) in [6, 6.07) is 29.9. The van der Waals surface area contributed by atoms with Gasteiger partial charge >= 0.3 is 7.32 Å². The van der Waals surface area contributed by atoms with E-state index in [1.807, 2.05) is 73.7 Å². The van der Waals surface area contributed by atoms with Crippen LogP contribution in [0.5, 0.6) is 0 Å². The smallest absolute Gasteiger partial charge is 0.402 e. The van der Waals surface area contributed by atoms with E-state index in [0.717, 1.165) is 16.7 Å². The Hall–Kier alpha value is -2.40. The molecule has 3 rings (SSSR count). The molecule has 3 aromatic carbocycles. The van der Waals surface area contributed by atoms with Crippen molar-refractivity contribution in [1.82, 2.24) is 0 Å². The summed E-state index contributed by atoms with van der Waals surface area (Å²) in [6.07, 6.45) is 0.573. The Balaban J connectivity index is 2.25. The number of rotatable bonds is 7. The Morgan fingerprint density at radius 2 is 1.19 bits per heavy atom. The minimum atomic E-state index is -1.87. The zero-order chi connectivity index (χ0) is 18.4. The van der Waals surface area contributed by atoms with Crippen molar-refractivity contribution in [3.8, 4) is 0 Å². The van der Waals surface area contributed by atoms with E-state index in [0.29, 0.717) is 6.42 Å². The van der Waals surface area contributed by atoms with Crippen LogP contribution in [0, 0.1) is 0 Å². The summed E-state index contributed by atoms with van der Waals surface area (Å²) in [5.41, 5.74) is 2.11. The fourth-order valence-corrected chi connectivity index (χ4v) is 3.72. The second-order valence-corrected chi connectivity index (χ2v) is 6.31. The molecule has 2 N–H and O–H groups in total. The van der Waals surface area contributed by atoms with E-state index in [4.69, 9.17) is 4.65 Å². The summed E-state index contributed by atoms with van der Waals surface area (Å²) < 4.78 is 5.86. The van der Waals surface area contributed by atoms with Gasteiger partial charge in [-0.25, -0.2) is 0 Å². The van der Waals surface area contributed by atoms with Gasteiger partial charge < -0.3 is 14.7 Å². The number of hydrogen-bond acceptors (Lipinski definition) is 3. The van der Waals surface area contributed by atoms with Crippen molar-refractivity contribution in [3.05, 3.63) is 108 Å². The molecule has 0 aliphatic rings. The third-order valence-corrected chi connectivity index (χ3v) is 4.84. The van der Waals surface area contributed by atoms with Crippen LogP contribution < -0.4 is 0 Å². The van der Waals surface area contributed by atoms with Gasteiger partial charge in [0.2, 0.25) is 0 Å². The minimum absolute atomic E-state index is 0.195. The van der Waals surface area contributed by atoms with E-state index < -0.39 is 12.9 Å². The normalized spacial score (nSPS) is 13.4. The van der Waals surface area contributed by atoms with Gasteiger partial charge in [0.05, 0.1) is 5.60 Å². The van der Waals surface area contributed by atoms with Crippen molar-refractivity contribution >= 4 is 7.32 Å². The second-order valence-electron chi connectivity index (χ2n) is 6.31. The van der Waals surface area contributed by atoms with Crippen molar-refractivity contribution in [2.45, 2.75) is 24.9 Å². The molecule has 0 saturated carbocycles. The fraction of sp³-hybridized carbons (Fsp3) is 0.182. The molecule has 1 atom stereocenters. The highest BCUT2D eigenvalue weighted by Gasteiger charge is 2.44. The summed E-state index contributed by atoms with van der Waals surface area (Å²) in [5, 5.41) is 19.5. The minimum Gasteiger partial charge on any atom is -0.402 e. The lowest BCUT2D eigenvalue weighted by atomic mass is 9.71. The molecule has 4 heteroatoms. The number of benzene rings is 3. The molecule has 132 valence electrons. The van der Waals surface area contributed by atoms with Gasteiger partial charge in [0.25, 0.3) is 0 Å². The maximum absolute atomic E-state index is 9.76. The molecule has 0 heterocycles. The van der Waals surface area contributed by atoms with E-state index in [9.17, 15) is 10.0 Å². The van der Waals surface area contributed by atoms with Gasteiger partial charge in [0.1, 0.15) is 0 Å². The zero-order valence-corrected chi connectivity index (χ0v) is 14.8. The molecule has 1 unspecified atom stereocenters. The summed E-state index contributed by atoms with van der Waals surface area (Å²) in [7, 11) is -1.87. The zero-order valence-electron chi connectivity index (χ0n) is 14.8. The SMILES string of the molecule is CCC(OB(O)O)(c1ccccc1)C(c1ccccc1)c1ccccc1. The van der Waals surface area contributed by atoms with Gasteiger partial charge in [0.15, 0.2) is 0 Å². The lowest BCUT2D eigenvalue weighted by Crippen LogP contribution is -2.42. The van der Waals surface area contributed by atoms with E-state index in [-0.39, 0.29) is 5.92 Å². The first kappa shape index (κ1) is 18.4. The van der Waals surface area contributed by atoms with Gasteiger partial charge in [-0.05, 0) is 23.1 Å². The van der Waals surface area contributed by atoms with E-state index in [2.05, 4.69) is 24.3 Å². The van der Waals surface area contributed by atoms with Crippen LogP contribution in [-0.2, 0) is 10.3 Å². The van der Waals surface area contributed by atoms with Crippen molar-refractivity contribution in [2.24, 2.45) is 0 Å². The summed E-state index contributed by atoms with van der Waals surface area (Å²) >= 11 is 0. The highest BCUT2D eigenvalue weighted by atomic mass is 16.6. The van der Waals surface area contributed by atoms with Crippen molar-refractivity contribution in [2.75, 3.05) is 0 Å². The molecule has 0 aromatic heterocycles. The molecule has 26 heavy (non-hydrogen) atoms. The fourth-order valence-electron chi connectivity index (χ4n) is 3.72. The second kappa shape index (κ2) is 8.32. The first-order valence-electron chi connectivity index (χ1n) is 8.86. The van der Waals surface area contributed by atoms with Gasteiger partial charge in [-0.3, -0.25) is 0 Å². The predicted octanol–water partition coefficient (Wildman–Crippen LogP) is 4.11. The van der Waals surface area contributed by atoms with Crippen LogP contribution in [-0.4, -0.2) is 17.4 Å². The predicted molar refractivity (Wildman–Crippen MR) is 104 cm³/mol. The summed E-state index contributed by atoms with van der Waals surface area (Å²) in [6.45, 7) is 2.01. The standard InChI is InChI=1S/C22H23BO3/c1-2-22(26-23(24)25,20-16-10-5-11-17-20)21(18-12-6-3-7-13-18)19-14-8-4-9-15-19/h3-17,21,24-25H,2H2,1H3. The van der Waals surface area contributed by atoms with Crippen LogP contribution in [0.15, 0.2) is 91.0 Å². The first-order valence-corrected chi connectivity index (χ1v) is 8.86. The highest BCUT2D eigenvalue weighted by molar-refractivity contribution is 6.32. The molecule has 0 aliphatic carbocycles. The lowest BCUT2D eigenvalue weighted by molar-refractivity contribution is -0.00253. The molecule has 3 aromatic rings. The Morgan fingerprint density at radius 3 is 1.58 bits per heavy atom. The lowest BCUT2D eigenvalue weighted by Gasteiger charge is -2.41.